The average Bonchev–Trinajstić information content (AvgIpc) is 2.47. The molecule has 0 aromatic heterocycles. The van der Waals surface area contributed by atoms with Crippen molar-refractivity contribution in [3.8, 4) is 11.5 Å². The summed E-state index contributed by atoms with van der Waals surface area (Å²) in [6, 6.07) is 9.89. The molecule has 3 nitrogen and oxygen atoms in total. The highest BCUT2D eigenvalue weighted by atomic mass is 35.5. The standard InChI is InChI=1S/C15H13ClFNO2/c16-12-7-14-15(20-6-5-19-14)8-13(12)18-9-10-1-3-11(17)4-2-10/h1-4,7-8,18H,5-6,9H2. The lowest BCUT2D eigenvalue weighted by molar-refractivity contribution is 0.171. The molecule has 0 amide bonds. The number of hydrogen-bond donors (Lipinski definition) is 1. The minimum absolute atomic E-state index is 0.244. The van der Waals surface area contributed by atoms with Gasteiger partial charge in [0.15, 0.2) is 11.5 Å². The molecule has 0 spiro atoms. The topological polar surface area (TPSA) is 30.5 Å². The van der Waals surface area contributed by atoms with Crippen LogP contribution < -0.4 is 14.8 Å². The van der Waals surface area contributed by atoms with E-state index >= 15 is 0 Å². The number of fused-ring (bicyclic) bond motifs is 1. The smallest absolute Gasteiger partial charge is 0.163 e. The molecule has 0 atom stereocenters. The first kappa shape index (κ1) is 13.1. The average molecular weight is 294 g/mol. The van der Waals surface area contributed by atoms with E-state index in [-0.39, 0.29) is 5.82 Å². The molecule has 104 valence electrons. The van der Waals surface area contributed by atoms with E-state index in [9.17, 15) is 4.39 Å². The number of anilines is 1. The summed E-state index contributed by atoms with van der Waals surface area (Å²) in [5, 5.41) is 3.77. The molecule has 0 unspecified atom stereocenters. The van der Waals surface area contributed by atoms with Gasteiger partial charge >= 0.3 is 0 Å². The van der Waals surface area contributed by atoms with E-state index in [0.717, 1.165) is 11.3 Å². The molecule has 1 aliphatic rings. The SMILES string of the molecule is Fc1ccc(CNc2cc3c(cc2Cl)OCCO3)cc1. The van der Waals surface area contributed by atoms with Crippen LogP contribution in [0.2, 0.25) is 5.02 Å². The third-order valence-electron chi connectivity index (χ3n) is 3.03. The number of ether oxygens (including phenoxy) is 2. The van der Waals surface area contributed by atoms with Crippen molar-refractivity contribution in [1.29, 1.82) is 0 Å². The van der Waals surface area contributed by atoms with Crippen LogP contribution in [-0.4, -0.2) is 13.2 Å². The number of nitrogens with one attached hydrogen (secondary N) is 1. The van der Waals surface area contributed by atoms with Gasteiger partial charge in [-0.15, -0.1) is 0 Å². The fraction of sp³-hybridized carbons (Fsp3) is 0.200. The molecule has 0 radical (unpaired) electrons. The molecule has 5 heteroatoms. The van der Waals surface area contributed by atoms with Gasteiger partial charge in [0, 0.05) is 18.7 Å². The van der Waals surface area contributed by atoms with Crippen molar-refractivity contribution in [3.05, 3.63) is 52.8 Å². The molecule has 2 aromatic carbocycles. The third kappa shape index (κ3) is 2.80. The summed E-state index contributed by atoms with van der Waals surface area (Å²) in [5.41, 5.74) is 1.73. The van der Waals surface area contributed by atoms with Gasteiger partial charge in [0.25, 0.3) is 0 Å². The van der Waals surface area contributed by atoms with E-state index in [0.29, 0.717) is 36.3 Å². The Morgan fingerprint density at radius 1 is 1.05 bits per heavy atom. The largest absolute Gasteiger partial charge is 0.486 e. The van der Waals surface area contributed by atoms with Gasteiger partial charge in [0.05, 0.1) is 10.7 Å². The first-order valence-electron chi connectivity index (χ1n) is 6.30. The Kier molecular flexibility index (Phi) is 3.65. The Morgan fingerprint density at radius 3 is 2.40 bits per heavy atom. The molecule has 0 saturated heterocycles. The number of benzene rings is 2. The zero-order valence-electron chi connectivity index (χ0n) is 10.7. The summed E-state index contributed by atoms with van der Waals surface area (Å²) >= 11 is 6.19. The molecule has 2 aromatic rings. The predicted octanol–water partition coefficient (Wildman–Crippen LogP) is 3.86. The van der Waals surface area contributed by atoms with Crippen LogP contribution in [0.5, 0.6) is 11.5 Å². The predicted molar refractivity (Wildman–Crippen MR) is 76.2 cm³/mol. The highest BCUT2D eigenvalue weighted by Gasteiger charge is 2.14. The van der Waals surface area contributed by atoms with Gasteiger partial charge in [0.1, 0.15) is 19.0 Å². The van der Waals surface area contributed by atoms with Crippen LogP contribution >= 0.6 is 11.6 Å². The van der Waals surface area contributed by atoms with Crippen molar-refractivity contribution in [3.63, 3.8) is 0 Å². The van der Waals surface area contributed by atoms with Crippen LogP contribution in [-0.2, 0) is 6.54 Å². The summed E-state index contributed by atoms with van der Waals surface area (Å²) in [6.45, 7) is 1.62. The number of rotatable bonds is 3. The van der Waals surface area contributed by atoms with Crippen LogP contribution in [0, 0.1) is 5.82 Å². The molecular weight excluding hydrogens is 281 g/mol. The van der Waals surface area contributed by atoms with Crippen LogP contribution in [0.25, 0.3) is 0 Å². The van der Waals surface area contributed by atoms with Gasteiger partial charge in [-0.2, -0.15) is 0 Å². The first-order chi connectivity index (χ1) is 9.72. The van der Waals surface area contributed by atoms with Gasteiger partial charge in [-0.1, -0.05) is 23.7 Å². The zero-order chi connectivity index (χ0) is 13.9. The second-order valence-corrected chi connectivity index (χ2v) is 4.86. The zero-order valence-corrected chi connectivity index (χ0v) is 11.4. The third-order valence-corrected chi connectivity index (χ3v) is 3.34. The van der Waals surface area contributed by atoms with E-state index in [2.05, 4.69) is 5.32 Å². The molecule has 0 fully saturated rings. The Balaban J connectivity index is 1.75. The second kappa shape index (κ2) is 5.59. The molecule has 0 saturated carbocycles. The van der Waals surface area contributed by atoms with Crippen LogP contribution in [0.4, 0.5) is 10.1 Å². The van der Waals surface area contributed by atoms with Crippen molar-refractivity contribution in [2.75, 3.05) is 18.5 Å². The Labute approximate surface area is 121 Å². The number of halogens is 2. The van der Waals surface area contributed by atoms with Crippen LogP contribution in [0.1, 0.15) is 5.56 Å². The Bertz CT molecular complexity index is 616. The molecule has 1 heterocycles. The minimum atomic E-state index is -0.244. The Hall–Kier alpha value is -1.94. The summed E-state index contributed by atoms with van der Waals surface area (Å²) in [7, 11) is 0. The van der Waals surface area contributed by atoms with E-state index in [1.165, 1.54) is 12.1 Å². The highest BCUT2D eigenvalue weighted by molar-refractivity contribution is 6.33. The lowest BCUT2D eigenvalue weighted by Crippen LogP contribution is -2.15. The van der Waals surface area contributed by atoms with Gasteiger partial charge < -0.3 is 14.8 Å². The van der Waals surface area contributed by atoms with E-state index in [4.69, 9.17) is 21.1 Å². The maximum absolute atomic E-state index is 12.8. The molecule has 1 N–H and O–H groups in total. The first-order valence-corrected chi connectivity index (χ1v) is 6.67. The van der Waals surface area contributed by atoms with Crippen molar-refractivity contribution in [1.82, 2.24) is 0 Å². The summed E-state index contributed by atoms with van der Waals surface area (Å²) in [4.78, 5) is 0. The number of hydrogen-bond acceptors (Lipinski definition) is 3. The molecular formula is C15H13ClFNO2. The van der Waals surface area contributed by atoms with Crippen molar-refractivity contribution < 1.29 is 13.9 Å². The van der Waals surface area contributed by atoms with Crippen LogP contribution in [0.15, 0.2) is 36.4 Å². The molecule has 0 bridgehead atoms. The summed E-state index contributed by atoms with van der Waals surface area (Å²) in [5.74, 6) is 1.10. The van der Waals surface area contributed by atoms with E-state index in [1.54, 1.807) is 18.2 Å². The maximum atomic E-state index is 12.8. The van der Waals surface area contributed by atoms with Crippen molar-refractivity contribution in [2.24, 2.45) is 0 Å². The maximum Gasteiger partial charge on any atom is 0.163 e. The van der Waals surface area contributed by atoms with Crippen molar-refractivity contribution in [2.45, 2.75) is 6.54 Å². The lowest BCUT2D eigenvalue weighted by atomic mass is 10.2. The van der Waals surface area contributed by atoms with Gasteiger partial charge in [-0.05, 0) is 17.7 Å². The van der Waals surface area contributed by atoms with E-state index < -0.39 is 0 Å². The molecule has 1 aliphatic heterocycles. The fourth-order valence-corrected chi connectivity index (χ4v) is 2.22. The molecule has 0 aliphatic carbocycles. The van der Waals surface area contributed by atoms with E-state index in [1.807, 2.05) is 6.07 Å². The monoisotopic (exact) mass is 293 g/mol. The highest BCUT2D eigenvalue weighted by Crippen LogP contribution is 2.38. The quantitative estimate of drug-likeness (QED) is 0.932. The Morgan fingerprint density at radius 2 is 1.70 bits per heavy atom. The molecule has 20 heavy (non-hydrogen) atoms. The summed E-state index contributed by atoms with van der Waals surface area (Å²) < 4.78 is 23.8. The second-order valence-electron chi connectivity index (χ2n) is 4.46. The lowest BCUT2D eigenvalue weighted by Gasteiger charge is -2.20. The van der Waals surface area contributed by atoms with Gasteiger partial charge in [-0.3, -0.25) is 0 Å². The molecule has 3 rings (SSSR count). The fourth-order valence-electron chi connectivity index (χ4n) is 2.00. The minimum Gasteiger partial charge on any atom is -0.486 e. The van der Waals surface area contributed by atoms with Gasteiger partial charge in [-0.25, -0.2) is 4.39 Å². The normalized spacial score (nSPS) is 13.1. The van der Waals surface area contributed by atoms with Crippen LogP contribution in [0.3, 0.4) is 0 Å². The summed E-state index contributed by atoms with van der Waals surface area (Å²) in [6.07, 6.45) is 0. The van der Waals surface area contributed by atoms with Crippen molar-refractivity contribution >= 4 is 17.3 Å². The van der Waals surface area contributed by atoms with Gasteiger partial charge in [0.2, 0.25) is 0 Å².